The fraction of sp³-hybridized carbons (Fsp3) is 0.533. The zero-order valence-corrected chi connectivity index (χ0v) is 12.0. The molecule has 0 aliphatic rings. The molecular formula is C15H23N3O. The van der Waals surface area contributed by atoms with E-state index in [4.69, 9.17) is 15.5 Å². The summed E-state index contributed by atoms with van der Waals surface area (Å²) in [5.41, 5.74) is 8.74. The van der Waals surface area contributed by atoms with Crippen LogP contribution in [0.2, 0.25) is 0 Å². The van der Waals surface area contributed by atoms with Gasteiger partial charge in [-0.3, -0.25) is 0 Å². The van der Waals surface area contributed by atoms with E-state index in [1.807, 2.05) is 12.1 Å². The molecule has 1 atom stereocenters. The van der Waals surface area contributed by atoms with Crippen molar-refractivity contribution in [3.05, 3.63) is 24.0 Å². The van der Waals surface area contributed by atoms with Crippen molar-refractivity contribution in [1.82, 2.24) is 9.55 Å². The highest BCUT2D eigenvalue weighted by Crippen LogP contribution is 2.26. The van der Waals surface area contributed by atoms with Gasteiger partial charge in [-0.25, -0.2) is 4.98 Å². The molecular weight excluding hydrogens is 238 g/mol. The molecule has 0 aliphatic heterocycles. The van der Waals surface area contributed by atoms with Crippen LogP contribution in [-0.4, -0.2) is 23.3 Å². The van der Waals surface area contributed by atoms with Gasteiger partial charge in [0.15, 0.2) is 0 Å². The number of aromatic nitrogens is 2. The number of benzene rings is 1. The fourth-order valence-corrected chi connectivity index (χ4v) is 2.64. The van der Waals surface area contributed by atoms with Crippen LogP contribution in [0.15, 0.2) is 18.2 Å². The number of anilines is 1. The Bertz CT molecular complexity index is 542. The van der Waals surface area contributed by atoms with E-state index in [0.29, 0.717) is 6.04 Å². The Hall–Kier alpha value is -1.55. The molecule has 2 aromatic rings. The number of nitrogens with zero attached hydrogens (tertiary/aromatic N) is 2. The van der Waals surface area contributed by atoms with Crippen molar-refractivity contribution < 1.29 is 4.74 Å². The number of methoxy groups -OCH3 is 1. The van der Waals surface area contributed by atoms with E-state index in [0.717, 1.165) is 48.4 Å². The van der Waals surface area contributed by atoms with Crippen molar-refractivity contribution in [2.24, 2.45) is 0 Å². The third kappa shape index (κ3) is 2.73. The third-order valence-corrected chi connectivity index (χ3v) is 3.45. The van der Waals surface area contributed by atoms with E-state index in [2.05, 4.69) is 24.5 Å². The average Bonchev–Trinajstić information content (AvgIpc) is 2.75. The second-order valence-corrected chi connectivity index (χ2v) is 4.90. The van der Waals surface area contributed by atoms with E-state index in [1.54, 1.807) is 7.11 Å². The van der Waals surface area contributed by atoms with Crippen molar-refractivity contribution in [2.45, 2.75) is 39.2 Å². The lowest BCUT2D eigenvalue weighted by Gasteiger charge is -2.20. The molecule has 104 valence electrons. The third-order valence-electron chi connectivity index (χ3n) is 3.45. The molecule has 2 rings (SSSR count). The molecule has 1 heterocycles. The molecule has 0 amide bonds. The zero-order valence-electron chi connectivity index (χ0n) is 12.0. The van der Waals surface area contributed by atoms with Crippen LogP contribution in [0.1, 0.15) is 38.6 Å². The standard InChI is InChI=1S/C15H23N3O/c1-4-6-12(10-19-3)18-14-8-7-11(16)9-13(14)17-15(18)5-2/h7-9,12H,4-6,10,16H2,1-3H3. The maximum atomic E-state index is 5.84. The first-order chi connectivity index (χ1) is 9.21. The second kappa shape index (κ2) is 6.06. The van der Waals surface area contributed by atoms with Gasteiger partial charge in [0.05, 0.1) is 23.7 Å². The molecule has 0 saturated carbocycles. The summed E-state index contributed by atoms with van der Waals surface area (Å²) < 4.78 is 7.70. The monoisotopic (exact) mass is 261 g/mol. The molecule has 2 N–H and O–H groups in total. The van der Waals surface area contributed by atoms with Crippen LogP contribution in [0.3, 0.4) is 0 Å². The maximum Gasteiger partial charge on any atom is 0.109 e. The van der Waals surface area contributed by atoms with E-state index >= 15 is 0 Å². The van der Waals surface area contributed by atoms with Crippen LogP contribution in [0.5, 0.6) is 0 Å². The number of ether oxygens (including phenoxy) is 1. The van der Waals surface area contributed by atoms with Gasteiger partial charge in [-0.15, -0.1) is 0 Å². The molecule has 1 aromatic carbocycles. The van der Waals surface area contributed by atoms with Crippen molar-refractivity contribution in [3.63, 3.8) is 0 Å². The lowest BCUT2D eigenvalue weighted by atomic mass is 10.1. The summed E-state index contributed by atoms with van der Waals surface area (Å²) in [6, 6.07) is 6.30. The summed E-state index contributed by atoms with van der Waals surface area (Å²) in [6.07, 6.45) is 3.14. The highest BCUT2D eigenvalue weighted by molar-refractivity contribution is 5.79. The van der Waals surface area contributed by atoms with Crippen LogP contribution in [-0.2, 0) is 11.2 Å². The number of fused-ring (bicyclic) bond motifs is 1. The molecule has 0 radical (unpaired) electrons. The molecule has 4 nitrogen and oxygen atoms in total. The minimum Gasteiger partial charge on any atom is -0.399 e. The molecule has 0 spiro atoms. The lowest BCUT2D eigenvalue weighted by molar-refractivity contribution is 0.151. The van der Waals surface area contributed by atoms with Crippen LogP contribution in [0, 0.1) is 0 Å². The van der Waals surface area contributed by atoms with Crippen LogP contribution < -0.4 is 5.73 Å². The normalized spacial score (nSPS) is 13.0. The molecule has 0 fully saturated rings. The number of imidazole rings is 1. The van der Waals surface area contributed by atoms with Gasteiger partial charge in [0, 0.05) is 19.2 Å². The molecule has 0 saturated heterocycles. The van der Waals surface area contributed by atoms with Gasteiger partial charge in [0.2, 0.25) is 0 Å². The van der Waals surface area contributed by atoms with E-state index in [-0.39, 0.29) is 0 Å². The van der Waals surface area contributed by atoms with Crippen molar-refractivity contribution >= 4 is 16.7 Å². The first-order valence-corrected chi connectivity index (χ1v) is 6.96. The van der Waals surface area contributed by atoms with Crippen LogP contribution in [0.25, 0.3) is 11.0 Å². The predicted molar refractivity (Wildman–Crippen MR) is 79.3 cm³/mol. The highest BCUT2D eigenvalue weighted by atomic mass is 16.5. The Morgan fingerprint density at radius 1 is 1.37 bits per heavy atom. The van der Waals surface area contributed by atoms with Gasteiger partial charge in [-0.2, -0.15) is 0 Å². The van der Waals surface area contributed by atoms with Crippen LogP contribution >= 0.6 is 0 Å². The summed E-state index contributed by atoms with van der Waals surface area (Å²) in [6.45, 7) is 5.05. The quantitative estimate of drug-likeness (QED) is 0.813. The maximum absolute atomic E-state index is 5.84. The molecule has 1 aromatic heterocycles. The van der Waals surface area contributed by atoms with Crippen LogP contribution in [0.4, 0.5) is 5.69 Å². The minimum absolute atomic E-state index is 0.346. The number of nitrogen functional groups attached to an aromatic ring is 1. The van der Waals surface area contributed by atoms with Gasteiger partial charge in [0.1, 0.15) is 5.82 Å². The lowest BCUT2D eigenvalue weighted by Crippen LogP contribution is -2.17. The molecule has 0 aliphatic carbocycles. The summed E-state index contributed by atoms with van der Waals surface area (Å²) in [7, 11) is 1.76. The Kier molecular flexibility index (Phi) is 4.43. The molecule has 0 bridgehead atoms. The summed E-state index contributed by atoms with van der Waals surface area (Å²) in [5.74, 6) is 1.11. The molecule has 1 unspecified atom stereocenters. The van der Waals surface area contributed by atoms with Gasteiger partial charge >= 0.3 is 0 Å². The fourth-order valence-electron chi connectivity index (χ4n) is 2.64. The molecule has 19 heavy (non-hydrogen) atoms. The van der Waals surface area contributed by atoms with Gasteiger partial charge < -0.3 is 15.0 Å². The predicted octanol–water partition coefficient (Wildman–Crippen LogP) is 3.17. The van der Waals surface area contributed by atoms with Gasteiger partial charge in [0.25, 0.3) is 0 Å². The first kappa shape index (κ1) is 13.9. The smallest absolute Gasteiger partial charge is 0.109 e. The topological polar surface area (TPSA) is 53.1 Å². The summed E-state index contributed by atoms with van der Waals surface area (Å²) in [5, 5.41) is 0. The SMILES string of the molecule is CCCC(COC)n1c(CC)nc2cc(N)ccc21. The number of aryl methyl sites for hydroxylation is 1. The summed E-state index contributed by atoms with van der Waals surface area (Å²) in [4.78, 5) is 4.70. The largest absolute Gasteiger partial charge is 0.399 e. The zero-order chi connectivity index (χ0) is 13.8. The Morgan fingerprint density at radius 2 is 2.16 bits per heavy atom. The van der Waals surface area contributed by atoms with E-state index in [1.165, 1.54) is 0 Å². The first-order valence-electron chi connectivity index (χ1n) is 6.96. The van der Waals surface area contributed by atoms with Crippen molar-refractivity contribution in [1.29, 1.82) is 0 Å². The summed E-state index contributed by atoms with van der Waals surface area (Å²) >= 11 is 0. The average molecular weight is 261 g/mol. The Morgan fingerprint density at radius 3 is 2.79 bits per heavy atom. The number of rotatable bonds is 6. The highest BCUT2D eigenvalue weighted by Gasteiger charge is 2.17. The number of hydrogen-bond donors (Lipinski definition) is 1. The van der Waals surface area contributed by atoms with Gasteiger partial charge in [-0.05, 0) is 24.6 Å². The van der Waals surface area contributed by atoms with E-state index < -0.39 is 0 Å². The van der Waals surface area contributed by atoms with Crippen molar-refractivity contribution in [3.8, 4) is 0 Å². The van der Waals surface area contributed by atoms with Crippen molar-refractivity contribution in [2.75, 3.05) is 19.5 Å². The van der Waals surface area contributed by atoms with E-state index in [9.17, 15) is 0 Å². The van der Waals surface area contributed by atoms with Gasteiger partial charge in [-0.1, -0.05) is 20.3 Å². The number of hydrogen-bond acceptors (Lipinski definition) is 3. The number of nitrogens with two attached hydrogens (primary N) is 1. The molecule has 4 heteroatoms. The Balaban J connectivity index is 2.54. The second-order valence-electron chi connectivity index (χ2n) is 4.90. The minimum atomic E-state index is 0.346. The Labute approximate surface area is 114 Å².